The zero-order chi connectivity index (χ0) is 24.9. The van der Waals surface area contributed by atoms with Crippen molar-refractivity contribution in [1.29, 1.82) is 0 Å². The van der Waals surface area contributed by atoms with E-state index in [9.17, 15) is 9.59 Å². The number of carbonyl (C=O) groups excluding carboxylic acids is 2. The number of carbonyl (C=O) groups is 2. The van der Waals surface area contributed by atoms with Crippen molar-refractivity contribution in [2.45, 2.75) is 23.5 Å². The van der Waals surface area contributed by atoms with Gasteiger partial charge in [-0.3, -0.25) is 14.2 Å². The Morgan fingerprint density at radius 3 is 2.14 bits per heavy atom. The lowest BCUT2D eigenvalue weighted by atomic mass is 10.2. The topological polar surface area (TPSA) is 60.3 Å². The van der Waals surface area contributed by atoms with Gasteiger partial charge in [-0.25, -0.2) is 0 Å². The van der Waals surface area contributed by atoms with Crippen LogP contribution in [0.25, 0.3) is 21.8 Å². The van der Waals surface area contributed by atoms with E-state index in [-0.39, 0.29) is 23.7 Å². The number of benzene rings is 4. The smallest absolute Gasteiger partial charge is 0.262 e. The molecule has 0 bridgehead atoms. The summed E-state index contributed by atoms with van der Waals surface area (Å²) in [6.45, 7) is 1.95. The normalized spacial score (nSPS) is 11.9. The predicted octanol–water partition coefficient (Wildman–Crippen LogP) is 7.02. The first-order chi connectivity index (χ1) is 17.6. The van der Waals surface area contributed by atoms with E-state index in [0.29, 0.717) is 17.9 Å². The molecule has 0 aliphatic carbocycles. The third-order valence-electron chi connectivity index (χ3n) is 5.96. The largest absolute Gasteiger partial charge is 0.484 e. The minimum absolute atomic E-state index is 0.0469. The lowest BCUT2D eigenvalue weighted by Gasteiger charge is -2.16. The Hall–Kier alpha value is -4.03. The summed E-state index contributed by atoms with van der Waals surface area (Å²) in [6, 6.07) is 32.9. The van der Waals surface area contributed by atoms with Crippen LogP contribution in [0, 0.1) is 0 Å². The van der Waals surface area contributed by atoms with Gasteiger partial charge < -0.3 is 10.1 Å². The molecule has 5 nitrogen and oxygen atoms in total. The minimum Gasteiger partial charge on any atom is -0.484 e. The summed E-state index contributed by atoms with van der Waals surface area (Å²) in [5.41, 5.74) is 2.50. The first-order valence-electron chi connectivity index (χ1n) is 11.9. The second-order valence-corrected chi connectivity index (χ2v) is 9.68. The van der Waals surface area contributed by atoms with E-state index in [1.165, 1.54) is 11.8 Å². The van der Waals surface area contributed by atoms with Gasteiger partial charge in [-0.2, -0.15) is 0 Å². The maximum absolute atomic E-state index is 13.8. The fraction of sp³-hybridized carbons (Fsp3) is 0.133. The van der Waals surface area contributed by atoms with E-state index in [2.05, 4.69) is 17.4 Å². The fourth-order valence-corrected chi connectivity index (χ4v) is 5.34. The number of amides is 1. The Morgan fingerprint density at radius 2 is 1.47 bits per heavy atom. The highest BCUT2D eigenvalue weighted by Crippen LogP contribution is 2.33. The Kier molecular flexibility index (Phi) is 7.05. The maximum atomic E-state index is 13.8. The van der Waals surface area contributed by atoms with Crippen LogP contribution in [0.3, 0.4) is 0 Å². The Bertz CT molecular complexity index is 1470. The van der Waals surface area contributed by atoms with Crippen LogP contribution < -0.4 is 10.1 Å². The Morgan fingerprint density at radius 1 is 0.833 bits per heavy atom. The molecular formula is C30H26N2O3S. The summed E-state index contributed by atoms with van der Waals surface area (Å²) in [4.78, 5) is 27.1. The summed E-state index contributed by atoms with van der Waals surface area (Å²) in [5, 5.41) is 4.75. The van der Waals surface area contributed by atoms with Crippen molar-refractivity contribution < 1.29 is 14.3 Å². The van der Waals surface area contributed by atoms with Crippen LogP contribution in [-0.4, -0.2) is 28.2 Å². The molecule has 1 heterocycles. The van der Waals surface area contributed by atoms with Crippen molar-refractivity contribution in [2.24, 2.45) is 0 Å². The molecule has 1 N–H and O–H groups in total. The second kappa shape index (κ2) is 10.7. The zero-order valence-corrected chi connectivity index (χ0v) is 20.7. The van der Waals surface area contributed by atoms with E-state index < -0.39 is 0 Å². The second-order valence-electron chi connectivity index (χ2n) is 8.40. The highest BCUT2D eigenvalue weighted by Gasteiger charge is 2.24. The van der Waals surface area contributed by atoms with E-state index in [4.69, 9.17) is 4.74 Å². The first-order valence-corrected chi connectivity index (χ1v) is 12.8. The van der Waals surface area contributed by atoms with Gasteiger partial charge in [0, 0.05) is 21.4 Å². The van der Waals surface area contributed by atoms with Crippen molar-refractivity contribution in [3.63, 3.8) is 0 Å². The number of rotatable bonds is 8. The van der Waals surface area contributed by atoms with E-state index >= 15 is 0 Å². The number of fused-ring (bicyclic) bond motifs is 3. The van der Waals surface area contributed by atoms with Gasteiger partial charge in [-0.15, -0.1) is 11.8 Å². The molecule has 0 fully saturated rings. The minimum atomic E-state index is -0.281. The van der Waals surface area contributed by atoms with Crippen LogP contribution in [0.4, 0.5) is 5.69 Å². The number of nitrogens with one attached hydrogen (secondary N) is 1. The predicted molar refractivity (Wildman–Crippen MR) is 147 cm³/mol. The molecule has 0 spiro atoms. The van der Waals surface area contributed by atoms with Crippen molar-refractivity contribution in [1.82, 2.24) is 4.57 Å². The molecule has 0 radical (unpaired) electrons. The summed E-state index contributed by atoms with van der Waals surface area (Å²) < 4.78 is 7.38. The zero-order valence-electron chi connectivity index (χ0n) is 19.9. The van der Waals surface area contributed by atoms with Crippen LogP contribution >= 0.6 is 11.8 Å². The SMILES string of the molecule is CCC(Sc1cccc(NC(=O)COc2ccccc2)c1)C(=O)n1c2ccccc2c2ccccc21. The average Bonchev–Trinajstić information content (AvgIpc) is 3.25. The molecule has 0 aliphatic heterocycles. The number of ether oxygens (including phenoxy) is 1. The average molecular weight is 495 g/mol. The molecule has 1 atom stereocenters. The first kappa shape index (κ1) is 23.7. The molecule has 0 aliphatic rings. The molecule has 1 aromatic heterocycles. The van der Waals surface area contributed by atoms with Gasteiger partial charge in [-0.1, -0.05) is 67.6 Å². The Balaban J connectivity index is 1.33. The van der Waals surface area contributed by atoms with E-state index in [0.717, 1.165) is 26.7 Å². The van der Waals surface area contributed by atoms with Crippen LogP contribution in [-0.2, 0) is 4.79 Å². The highest BCUT2D eigenvalue weighted by atomic mass is 32.2. The molecule has 1 unspecified atom stereocenters. The third kappa shape index (κ3) is 4.99. The molecule has 0 saturated carbocycles. The van der Waals surface area contributed by atoms with Crippen molar-refractivity contribution in [3.8, 4) is 5.75 Å². The molecule has 1 amide bonds. The van der Waals surface area contributed by atoms with Gasteiger partial charge in [0.15, 0.2) is 6.61 Å². The summed E-state index contributed by atoms with van der Waals surface area (Å²) in [7, 11) is 0. The maximum Gasteiger partial charge on any atom is 0.262 e. The quantitative estimate of drug-likeness (QED) is 0.235. The van der Waals surface area contributed by atoms with Gasteiger partial charge in [0.2, 0.25) is 5.91 Å². The monoisotopic (exact) mass is 494 g/mol. The number of anilines is 1. The van der Waals surface area contributed by atoms with Gasteiger partial charge in [-0.05, 0) is 48.9 Å². The van der Waals surface area contributed by atoms with Crippen LogP contribution in [0.15, 0.2) is 108 Å². The number of hydrogen-bond donors (Lipinski definition) is 1. The van der Waals surface area contributed by atoms with Crippen LogP contribution in [0.1, 0.15) is 18.1 Å². The van der Waals surface area contributed by atoms with Crippen LogP contribution in [0.5, 0.6) is 5.75 Å². The van der Waals surface area contributed by atoms with Gasteiger partial charge in [0.1, 0.15) is 5.75 Å². The van der Waals surface area contributed by atoms with Crippen molar-refractivity contribution >= 4 is 51.1 Å². The molecule has 5 rings (SSSR count). The molecule has 36 heavy (non-hydrogen) atoms. The molecule has 4 aromatic carbocycles. The number of thioether (sulfide) groups is 1. The molecule has 6 heteroatoms. The third-order valence-corrected chi connectivity index (χ3v) is 7.30. The van der Waals surface area contributed by atoms with E-state index in [1.54, 1.807) is 0 Å². The summed E-state index contributed by atoms with van der Waals surface area (Å²) >= 11 is 1.51. The van der Waals surface area contributed by atoms with Crippen molar-refractivity contribution in [3.05, 3.63) is 103 Å². The molecular weight excluding hydrogens is 468 g/mol. The standard InChI is InChI=1S/C30H26N2O3S/c1-2-28(30(34)32-26-17-8-6-15-24(26)25-16-7-9-18-27(25)32)36-23-14-10-11-21(19-23)31-29(33)20-35-22-12-4-3-5-13-22/h3-19,28H,2,20H2,1H3,(H,31,33). The van der Waals surface area contributed by atoms with Crippen molar-refractivity contribution in [2.75, 3.05) is 11.9 Å². The lowest BCUT2D eigenvalue weighted by Crippen LogP contribution is -2.23. The number of para-hydroxylation sites is 3. The number of nitrogens with zero attached hydrogens (tertiary/aromatic N) is 1. The number of aromatic nitrogens is 1. The van der Waals surface area contributed by atoms with Gasteiger partial charge in [0.25, 0.3) is 5.91 Å². The molecule has 5 aromatic rings. The Labute approximate surface area is 214 Å². The fourth-order valence-electron chi connectivity index (χ4n) is 4.29. The number of hydrogen-bond acceptors (Lipinski definition) is 4. The lowest BCUT2D eigenvalue weighted by molar-refractivity contribution is -0.118. The highest BCUT2D eigenvalue weighted by molar-refractivity contribution is 8.00. The molecule has 0 saturated heterocycles. The van der Waals surface area contributed by atoms with Crippen LogP contribution in [0.2, 0.25) is 0 Å². The summed E-state index contributed by atoms with van der Waals surface area (Å²) in [6.07, 6.45) is 0.672. The molecule has 180 valence electrons. The van der Waals surface area contributed by atoms with Gasteiger partial charge >= 0.3 is 0 Å². The van der Waals surface area contributed by atoms with Gasteiger partial charge in [0.05, 0.1) is 16.3 Å². The summed E-state index contributed by atoms with van der Waals surface area (Å²) in [5.74, 6) is 0.450. The van der Waals surface area contributed by atoms with E-state index in [1.807, 2.05) is 102 Å².